The molecule has 0 saturated heterocycles. The molecule has 12 heteroatoms. The van der Waals surface area contributed by atoms with Crippen LogP contribution in [0.4, 0.5) is 11.6 Å². The predicted octanol–water partition coefficient (Wildman–Crippen LogP) is 9.76. The summed E-state index contributed by atoms with van der Waals surface area (Å²) in [6.45, 7) is 10.5. The van der Waals surface area contributed by atoms with Crippen LogP contribution < -0.4 is 20.1 Å². The lowest BCUT2D eigenvalue weighted by Crippen LogP contribution is -2.31. The largest absolute Gasteiger partial charge is 0.490 e. The van der Waals surface area contributed by atoms with Crippen LogP contribution in [-0.2, 0) is 11.4 Å². The van der Waals surface area contributed by atoms with Gasteiger partial charge in [0.15, 0.2) is 11.5 Å². The number of nitrogens with zero attached hydrogens (tertiary/aromatic N) is 3. The lowest BCUT2D eigenvalue weighted by Gasteiger charge is -2.29. The van der Waals surface area contributed by atoms with Gasteiger partial charge in [0.2, 0.25) is 11.1 Å². The van der Waals surface area contributed by atoms with E-state index in [-0.39, 0.29) is 12.5 Å². The number of nitrogens with one attached hydrogen (secondary N) is 2. The van der Waals surface area contributed by atoms with Crippen molar-refractivity contribution in [3.8, 4) is 11.5 Å². The summed E-state index contributed by atoms with van der Waals surface area (Å²) in [5.41, 5.74) is 5.48. The first-order valence-corrected chi connectivity index (χ1v) is 17.6. The molecular weight excluding hydrogens is 709 g/mol. The minimum Gasteiger partial charge on any atom is -0.490 e. The second-order valence-electron chi connectivity index (χ2n) is 10.9. The van der Waals surface area contributed by atoms with Gasteiger partial charge >= 0.3 is 0 Å². The molecule has 242 valence electrons. The number of halogens is 3. The first-order chi connectivity index (χ1) is 22.1. The van der Waals surface area contributed by atoms with E-state index in [1.54, 1.807) is 34.6 Å². The van der Waals surface area contributed by atoms with E-state index in [1.807, 2.05) is 58.0 Å². The molecular formula is C34H36BrCl2N5O3S. The molecule has 2 N–H and O–H groups in total. The molecule has 0 bridgehead atoms. The van der Waals surface area contributed by atoms with Crippen molar-refractivity contribution in [3.63, 3.8) is 0 Å². The maximum Gasteiger partial charge on any atom is 0.255 e. The number of benzene rings is 3. The average molecular weight is 746 g/mol. The Hall–Kier alpha value is -3.18. The summed E-state index contributed by atoms with van der Waals surface area (Å²) in [4.78, 5) is 18.9. The molecule has 0 saturated carbocycles. The second-order valence-corrected chi connectivity index (χ2v) is 13.6. The smallest absolute Gasteiger partial charge is 0.255 e. The molecule has 3 aromatic carbocycles. The van der Waals surface area contributed by atoms with Crippen LogP contribution in [0, 0.1) is 13.8 Å². The van der Waals surface area contributed by atoms with Crippen LogP contribution in [0.1, 0.15) is 61.9 Å². The number of aromatic nitrogens is 3. The summed E-state index contributed by atoms with van der Waals surface area (Å²) in [6.07, 6.45) is 2.13. The van der Waals surface area contributed by atoms with E-state index in [4.69, 9.17) is 42.8 Å². The molecule has 0 spiro atoms. The highest BCUT2D eigenvalue weighted by Crippen LogP contribution is 2.44. The van der Waals surface area contributed by atoms with E-state index >= 15 is 0 Å². The number of allylic oxidation sites excluding steroid dienone is 1. The Bertz CT molecular complexity index is 1770. The normalized spacial score (nSPS) is 14.1. The average Bonchev–Trinajstić information content (AvgIpc) is 3.41. The van der Waals surface area contributed by atoms with Gasteiger partial charge in [-0.2, -0.15) is 4.98 Å². The standard InChI is InChI=1S/C34H36BrCl2N5O3S/c1-6-8-15-46-34-40-33-38-21(5)29(32(43)39-27-14-9-11-19(3)20(27)4)30(42(33)41-34)22-16-24(35)31(28(17-22)44-7-2)45-18-23-25(36)12-10-13-26(23)37/h9-14,16-17,30H,6-8,15,18H2,1-5H3,(H,39,43)(H,38,40,41). The maximum absolute atomic E-state index is 14.2. The zero-order valence-electron chi connectivity index (χ0n) is 26.3. The van der Waals surface area contributed by atoms with Gasteiger partial charge < -0.3 is 20.1 Å². The highest BCUT2D eigenvalue weighted by Gasteiger charge is 2.36. The summed E-state index contributed by atoms with van der Waals surface area (Å²) in [6, 6.07) is 14.4. The number of thioether (sulfide) groups is 1. The topological polar surface area (TPSA) is 90.3 Å². The number of carbonyl (C=O) groups is 1. The lowest BCUT2D eigenvalue weighted by atomic mass is 9.94. The zero-order chi connectivity index (χ0) is 33.0. The number of rotatable bonds is 12. The van der Waals surface area contributed by atoms with Crippen molar-refractivity contribution in [2.24, 2.45) is 0 Å². The Balaban J connectivity index is 1.58. The lowest BCUT2D eigenvalue weighted by molar-refractivity contribution is -0.113. The van der Waals surface area contributed by atoms with Crippen molar-refractivity contribution in [3.05, 3.63) is 96.6 Å². The van der Waals surface area contributed by atoms with E-state index in [2.05, 4.69) is 33.5 Å². The third-order valence-corrected chi connectivity index (χ3v) is 9.95. The van der Waals surface area contributed by atoms with Crippen molar-refractivity contribution >= 4 is 68.4 Å². The number of carbonyl (C=O) groups excluding carboxylic acids is 1. The highest BCUT2D eigenvalue weighted by molar-refractivity contribution is 9.10. The third kappa shape index (κ3) is 7.35. The van der Waals surface area contributed by atoms with E-state index in [9.17, 15) is 4.79 Å². The van der Waals surface area contributed by atoms with Crippen molar-refractivity contribution < 1.29 is 14.3 Å². The minimum absolute atomic E-state index is 0.137. The van der Waals surface area contributed by atoms with Crippen molar-refractivity contribution in [1.82, 2.24) is 14.8 Å². The first kappa shape index (κ1) is 34.2. The molecule has 1 aliphatic rings. The molecule has 1 unspecified atom stereocenters. The summed E-state index contributed by atoms with van der Waals surface area (Å²) >= 11 is 18.2. The molecule has 46 heavy (non-hydrogen) atoms. The SMILES string of the molecule is CCCCSc1nc2n(n1)C(c1cc(Br)c(OCc3c(Cl)cccc3Cl)c(OCC)c1)C(C(=O)Nc1cccc(C)c1C)=C(C)N2. The molecule has 0 radical (unpaired) electrons. The first-order valence-electron chi connectivity index (χ1n) is 15.1. The maximum atomic E-state index is 14.2. The quantitative estimate of drug-likeness (QED) is 0.110. The molecule has 2 heterocycles. The number of ether oxygens (including phenoxy) is 2. The van der Waals surface area contributed by atoms with Gasteiger partial charge in [0.1, 0.15) is 12.6 Å². The van der Waals surface area contributed by atoms with Crippen molar-refractivity contribution in [1.29, 1.82) is 0 Å². The predicted molar refractivity (Wildman–Crippen MR) is 191 cm³/mol. The van der Waals surface area contributed by atoms with Gasteiger partial charge in [0.25, 0.3) is 5.91 Å². The van der Waals surface area contributed by atoms with Crippen molar-refractivity contribution in [2.75, 3.05) is 23.0 Å². The zero-order valence-corrected chi connectivity index (χ0v) is 30.3. The molecule has 4 aromatic rings. The van der Waals surface area contributed by atoms with Crippen LogP contribution in [0.25, 0.3) is 0 Å². The van der Waals surface area contributed by atoms with E-state index in [1.165, 1.54) is 0 Å². The summed E-state index contributed by atoms with van der Waals surface area (Å²) in [7, 11) is 0. The Morgan fingerprint density at radius 3 is 2.54 bits per heavy atom. The molecule has 8 nitrogen and oxygen atoms in total. The minimum atomic E-state index is -0.614. The van der Waals surface area contributed by atoms with Gasteiger partial charge in [-0.3, -0.25) is 4.79 Å². The molecule has 5 rings (SSSR count). The summed E-state index contributed by atoms with van der Waals surface area (Å²) in [5.74, 6) is 2.21. The number of unbranched alkanes of at least 4 members (excludes halogenated alkanes) is 1. The van der Waals surface area contributed by atoms with E-state index < -0.39 is 6.04 Å². The van der Waals surface area contributed by atoms with Crippen LogP contribution >= 0.6 is 50.9 Å². The molecule has 0 aliphatic carbocycles. The van der Waals surface area contributed by atoms with Gasteiger partial charge in [-0.15, -0.1) is 5.10 Å². The van der Waals surface area contributed by atoms with Gasteiger partial charge in [0, 0.05) is 32.7 Å². The number of hydrogen-bond donors (Lipinski definition) is 2. The number of fused-ring (bicyclic) bond motifs is 1. The van der Waals surface area contributed by atoms with Crippen LogP contribution in [0.5, 0.6) is 11.5 Å². The Morgan fingerprint density at radius 1 is 1.09 bits per heavy atom. The number of hydrogen-bond acceptors (Lipinski definition) is 7. The van der Waals surface area contributed by atoms with Crippen LogP contribution in [0.2, 0.25) is 10.0 Å². The molecule has 1 aromatic heterocycles. The highest BCUT2D eigenvalue weighted by atomic mass is 79.9. The van der Waals surface area contributed by atoms with Crippen LogP contribution in [0.15, 0.2) is 69.4 Å². The molecule has 0 fully saturated rings. The van der Waals surface area contributed by atoms with Gasteiger partial charge in [-0.25, -0.2) is 4.68 Å². The third-order valence-electron chi connectivity index (χ3n) is 7.73. The van der Waals surface area contributed by atoms with Crippen LogP contribution in [-0.4, -0.2) is 33.0 Å². The van der Waals surface area contributed by atoms with E-state index in [0.717, 1.165) is 41.0 Å². The summed E-state index contributed by atoms with van der Waals surface area (Å²) in [5, 5.41) is 13.0. The van der Waals surface area contributed by atoms with Crippen molar-refractivity contribution in [2.45, 2.75) is 65.3 Å². The Kier molecular flexibility index (Phi) is 11.3. The molecule has 1 atom stereocenters. The number of aryl methyl sites for hydroxylation is 1. The number of anilines is 2. The van der Waals surface area contributed by atoms with Crippen LogP contribution in [0.3, 0.4) is 0 Å². The molecule has 1 aliphatic heterocycles. The van der Waals surface area contributed by atoms with Gasteiger partial charge in [-0.05, 0) is 97.1 Å². The van der Waals surface area contributed by atoms with Gasteiger partial charge in [-0.1, -0.05) is 66.5 Å². The fourth-order valence-corrected chi connectivity index (χ4v) is 7.14. The fraction of sp³-hybridized carbons (Fsp3) is 0.324. The van der Waals surface area contributed by atoms with Gasteiger partial charge in [0.05, 0.1) is 16.7 Å². The fourth-order valence-electron chi connectivity index (χ4n) is 5.14. The number of amides is 1. The second kappa shape index (κ2) is 15.2. The Labute approximate surface area is 292 Å². The Morgan fingerprint density at radius 2 is 1.83 bits per heavy atom. The van der Waals surface area contributed by atoms with E-state index in [0.29, 0.717) is 60.6 Å². The molecule has 1 amide bonds. The monoisotopic (exact) mass is 743 g/mol. The summed E-state index contributed by atoms with van der Waals surface area (Å²) < 4.78 is 14.8.